The minimum atomic E-state index is -0.738. The Morgan fingerprint density at radius 3 is 2.38 bits per heavy atom. The van der Waals surface area contributed by atoms with Crippen molar-refractivity contribution in [3.63, 3.8) is 0 Å². The third-order valence-electron chi connectivity index (χ3n) is 5.91. The molecule has 4 rings (SSSR count). The fraction of sp³-hybridized carbons (Fsp3) is 0.185. The minimum absolute atomic E-state index is 0.103. The first-order valence-corrected chi connectivity index (χ1v) is 10.8. The van der Waals surface area contributed by atoms with Crippen LogP contribution < -0.4 is 0 Å². The number of aromatic nitrogens is 1. The molecule has 0 saturated carbocycles. The number of imide groups is 1. The van der Waals surface area contributed by atoms with Gasteiger partial charge in [-0.15, -0.1) is 6.58 Å². The normalized spacial score (nSPS) is 12.6. The summed E-state index contributed by atoms with van der Waals surface area (Å²) in [6, 6.07) is 15.2. The van der Waals surface area contributed by atoms with E-state index in [0.29, 0.717) is 12.1 Å². The quantitative estimate of drug-likeness (QED) is 0.220. The van der Waals surface area contributed by atoms with Crippen molar-refractivity contribution < 1.29 is 23.9 Å². The number of Topliss-reactive ketones (excluding diaryl/α,β-unsaturated/α-hetero) is 1. The van der Waals surface area contributed by atoms with E-state index in [0.717, 1.165) is 21.9 Å². The first-order chi connectivity index (χ1) is 16.3. The zero-order valence-electron chi connectivity index (χ0n) is 19.0. The van der Waals surface area contributed by atoms with E-state index in [9.17, 15) is 19.2 Å². The molecule has 0 radical (unpaired) electrons. The zero-order valence-corrected chi connectivity index (χ0v) is 19.0. The van der Waals surface area contributed by atoms with Crippen molar-refractivity contribution in [2.75, 3.05) is 6.61 Å². The summed E-state index contributed by atoms with van der Waals surface area (Å²) < 4.78 is 7.18. The Hall–Kier alpha value is -4.26. The Bertz CT molecular complexity index is 1320. The standard InChI is InChI=1S/C27H24N2O5/c1-4-12-28-17(2)13-22(18(28)3)24(30)16-34-27(33)20-10-11-21-23(14-20)26(32)29(25(21)31)15-19-8-6-5-7-9-19/h4-11,13-14H,1,12,15-16H2,2-3H3. The van der Waals surface area contributed by atoms with E-state index in [1.807, 2.05) is 48.7 Å². The summed E-state index contributed by atoms with van der Waals surface area (Å²) in [5.41, 5.74) is 3.48. The number of esters is 1. The van der Waals surface area contributed by atoms with E-state index in [-0.39, 0.29) is 29.0 Å². The van der Waals surface area contributed by atoms with Crippen LogP contribution in [-0.2, 0) is 17.8 Å². The molecule has 0 aliphatic carbocycles. The number of carbonyl (C=O) groups is 4. The number of hydrogen-bond acceptors (Lipinski definition) is 5. The molecule has 3 aromatic rings. The van der Waals surface area contributed by atoms with Crippen LogP contribution in [0.5, 0.6) is 0 Å². The lowest BCUT2D eigenvalue weighted by Gasteiger charge is -2.13. The van der Waals surface area contributed by atoms with Gasteiger partial charge in [0.25, 0.3) is 11.8 Å². The average molecular weight is 456 g/mol. The third-order valence-corrected chi connectivity index (χ3v) is 5.91. The van der Waals surface area contributed by atoms with Crippen LogP contribution in [0.15, 0.2) is 67.3 Å². The number of amides is 2. The summed E-state index contributed by atoms with van der Waals surface area (Å²) in [6.45, 7) is 7.74. The molecular weight excluding hydrogens is 432 g/mol. The number of rotatable bonds is 8. The van der Waals surface area contributed by atoms with Crippen molar-refractivity contribution in [1.82, 2.24) is 9.47 Å². The molecule has 2 heterocycles. The van der Waals surface area contributed by atoms with E-state index in [1.54, 1.807) is 12.1 Å². The number of hydrogen-bond donors (Lipinski definition) is 0. The molecule has 0 fully saturated rings. The maximum absolute atomic E-state index is 12.9. The molecular formula is C27H24N2O5. The first kappa shape index (κ1) is 22.9. The highest BCUT2D eigenvalue weighted by atomic mass is 16.5. The van der Waals surface area contributed by atoms with Gasteiger partial charge in [-0.05, 0) is 43.7 Å². The SMILES string of the molecule is C=CCn1c(C)cc(C(=O)COC(=O)c2ccc3c(c2)C(=O)N(Cc2ccccc2)C3=O)c1C. The van der Waals surface area contributed by atoms with Crippen LogP contribution in [0.2, 0.25) is 0 Å². The number of allylic oxidation sites excluding steroid dienone is 1. The molecule has 1 aliphatic rings. The summed E-state index contributed by atoms with van der Waals surface area (Å²) in [5.74, 6) is -1.94. The molecule has 0 bridgehead atoms. The zero-order chi connectivity index (χ0) is 24.4. The smallest absolute Gasteiger partial charge is 0.338 e. The van der Waals surface area contributed by atoms with Gasteiger partial charge in [-0.2, -0.15) is 0 Å². The molecule has 34 heavy (non-hydrogen) atoms. The highest BCUT2D eigenvalue weighted by molar-refractivity contribution is 6.21. The lowest BCUT2D eigenvalue weighted by atomic mass is 10.1. The number of fused-ring (bicyclic) bond motifs is 1. The van der Waals surface area contributed by atoms with Gasteiger partial charge in [0.1, 0.15) is 0 Å². The van der Waals surface area contributed by atoms with Gasteiger partial charge in [-0.3, -0.25) is 19.3 Å². The number of aryl methyl sites for hydroxylation is 1. The van der Waals surface area contributed by atoms with E-state index in [1.165, 1.54) is 18.2 Å². The van der Waals surface area contributed by atoms with Gasteiger partial charge < -0.3 is 9.30 Å². The van der Waals surface area contributed by atoms with Crippen molar-refractivity contribution in [2.24, 2.45) is 0 Å². The summed E-state index contributed by atoms with van der Waals surface area (Å²) in [4.78, 5) is 52.0. The second kappa shape index (κ2) is 9.31. The average Bonchev–Trinajstić information content (AvgIpc) is 3.26. The first-order valence-electron chi connectivity index (χ1n) is 10.8. The second-order valence-electron chi connectivity index (χ2n) is 8.13. The number of benzene rings is 2. The van der Waals surface area contributed by atoms with Crippen molar-refractivity contribution in [1.29, 1.82) is 0 Å². The van der Waals surface area contributed by atoms with E-state index < -0.39 is 24.4 Å². The van der Waals surface area contributed by atoms with Crippen LogP contribution >= 0.6 is 0 Å². The molecule has 0 saturated heterocycles. The maximum Gasteiger partial charge on any atom is 0.338 e. The molecule has 7 nitrogen and oxygen atoms in total. The van der Waals surface area contributed by atoms with Crippen LogP contribution in [0.1, 0.15) is 58.4 Å². The summed E-state index contributed by atoms with van der Waals surface area (Å²) in [6.07, 6.45) is 1.75. The van der Waals surface area contributed by atoms with Crippen molar-refractivity contribution in [2.45, 2.75) is 26.9 Å². The molecule has 7 heteroatoms. The molecule has 1 aromatic heterocycles. The maximum atomic E-state index is 12.9. The van der Waals surface area contributed by atoms with Gasteiger partial charge in [0.2, 0.25) is 5.78 Å². The van der Waals surface area contributed by atoms with Gasteiger partial charge in [-0.1, -0.05) is 36.4 Å². The second-order valence-corrected chi connectivity index (χ2v) is 8.13. The fourth-order valence-corrected chi connectivity index (χ4v) is 4.11. The minimum Gasteiger partial charge on any atom is -0.454 e. The van der Waals surface area contributed by atoms with Gasteiger partial charge >= 0.3 is 5.97 Å². The van der Waals surface area contributed by atoms with Crippen molar-refractivity contribution >= 4 is 23.6 Å². The van der Waals surface area contributed by atoms with E-state index in [4.69, 9.17) is 4.74 Å². The molecule has 0 atom stereocenters. The monoisotopic (exact) mass is 456 g/mol. The Kier molecular flexibility index (Phi) is 6.27. The summed E-state index contributed by atoms with van der Waals surface area (Å²) in [7, 11) is 0. The Morgan fingerprint density at radius 1 is 0.971 bits per heavy atom. The van der Waals surface area contributed by atoms with E-state index in [2.05, 4.69) is 6.58 Å². The van der Waals surface area contributed by atoms with Crippen LogP contribution in [0.4, 0.5) is 0 Å². The highest BCUT2D eigenvalue weighted by Crippen LogP contribution is 2.26. The van der Waals surface area contributed by atoms with Crippen molar-refractivity contribution in [3.05, 3.63) is 106 Å². The van der Waals surface area contributed by atoms with E-state index >= 15 is 0 Å². The van der Waals surface area contributed by atoms with Gasteiger partial charge in [0, 0.05) is 23.5 Å². The topological polar surface area (TPSA) is 85.7 Å². The predicted octanol–water partition coefficient (Wildman–Crippen LogP) is 4.13. The molecule has 172 valence electrons. The fourth-order valence-electron chi connectivity index (χ4n) is 4.11. The predicted molar refractivity (Wildman–Crippen MR) is 126 cm³/mol. The Balaban J connectivity index is 1.46. The molecule has 2 aromatic carbocycles. The van der Waals surface area contributed by atoms with Crippen LogP contribution in [-0.4, -0.2) is 39.6 Å². The summed E-state index contributed by atoms with van der Waals surface area (Å²) in [5, 5.41) is 0. The lowest BCUT2D eigenvalue weighted by molar-refractivity contribution is 0.0474. The summed E-state index contributed by atoms with van der Waals surface area (Å²) >= 11 is 0. The Morgan fingerprint density at radius 2 is 1.68 bits per heavy atom. The third kappa shape index (κ3) is 4.20. The molecule has 0 spiro atoms. The van der Waals surface area contributed by atoms with Gasteiger partial charge in [0.15, 0.2) is 6.61 Å². The molecule has 0 N–H and O–H groups in total. The van der Waals surface area contributed by atoms with Crippen molar-refractivity contribution in [3.8, 4) is 0 Å². The Labute approximate surface area is 197 Å². The number of nitrogens with zero attached hydrogens (tertiary/aromatic N) is 2. The van der Waals surface area contributed by atoms with Crippen LogP contribution in [0.3, 0.4) is 0 Å². The highest BCUT2D eigenvalue weighted by Gasteiger charge is 2.36. The van der Waals surface area contributed by atoms with Crippen LogP contribution in [0.25, 0.3) is 0 Å². The number of ether oxygens (including phenoxy) is 1. The largest absolute Gasteiger partial charge is 0.454 e. The van der Waals surface area contributed by atoms with Gasteiger partial charge in [-0.25, -0.2) is 4.79 Å². The van der Waals surface area contributed by atoms with Crippen LogP contribution in [0, 0.1) is 13.8 Å². The molecule has 0 unspecified atom stereocenters. The number of carbonyl (C=O) groups excluding carboxylic acids is 4. The lowest BCUT2D eigenvalue weighted by Crippen LogP contribution is -2.29. The van der Waals surface area contributed by atoms with Gasteiger partial charge in [0.05, 0.1) is 23.2 Å². The molecule has 2 amide bonds. The number of ketones is 1. The molecule has 1 aliphatic heterocycles.